The third kappa shape index (κ3) is 5.82. The average Bonchev–Trinajstić information content (AvgIpc) is 3.50. The van der Waals surface area contributed by atoms with Crippen molar-refractivity contribution in [3.63, 3.8) is 0 Å². The van der Waals surface area contributed by atoms with Crippen molar-refractivity contribution in [2.24, 2.45) is 0 Å². The summed E-state index contributed by atoms with van der Waals surface area (Å²) in [7, 11) is -3.14. The second-order valence-electron chi connectivity index (χ2n) is 9.00. The second kappa shape index (κ2) is 11.2. The number of aromatic amines is 2. The minimum Gasteiger partial charge on any atom is -0.375 e. The van der Waals surface area contributed by atoms with Gasteiger partial charge in [-0.05, 0) is 43.9 Å². The largest absolute Gasteiger partial charge is 0.375 e. The summed E-state index contributed by atoms with van der Waals surface area (Å²) in [6.07, 6.45) is 13.5. The van der Waals surface area contributed by atoms with Crippen LogP contribution >= 0.6 is 0 Å². The minimum absolute atomic E-state index is 0.216. The summed E-state index contributed by atoms with van der Waals surface area (Å²) in [6.45, 7) is 8.47. The fourth-order valence-electron chi connectivity index (χ4n) is 4.41. The Morgan fingerprint density at radius 1 is 0.971 bits per heavy atom. The number of hydrogen-bond acceptors (Lipinski definition) is 6. The van der Waals surface area contributed by atoms with Gasteiger partial charge in [0.15, 0.2) is 0 Å². The molecule has 3 aromatic rings. The average molecular weight is 498 g/mol. The zero-order valence-electron chi connectivity index (χ0n) is 20.8. The third-order valence-electron chi connectivity index (χ3n) is 6.43. The molecule has 0 spiro atoms. The van der Waals surface area contributed by atoms with E-state index >= 15 is 0 Å². The van der Waals surface area contributed by atoms with Crippen LogP contribution in [-0.2, 0) is 16.4 Å². The Hall–Kier alpha value is -2.98. The summed E-state index contributed by atoms with van der Waals surface area (Å²) >= 11 is 0. The zero-order chi connectivity index (χ0) is 24.8. The SMILES string of the molecule is CCCCc1cc(-c2cn[nH]c2C)ncc1-c1cn[nH]c1/C=C/N1CCN(S(=O)(=O)CCC)CC1. The molecular formula is C25H35N7O2S. The molecule has 188 valence electrons. The molecule has 2 N–H and O–H groups in total. The van der Waals surface area contributed by atoms with Crippen molar-refractivity contribution in [2.75, 3.05) is 31.9 Å². The van der Waals surface area contributed by atoms with Crippen LogP contribution in [0.2, 0.25) is 0 Å². The number of aryl methyl sites for hydroxylation is 2. The van der Waals surface area contributed by atoms with Crippen molar-refractivity contribution in [1.29, 1.82) is 0 Å². The Balaban J connectivity index is 1.53. The van der Waals surface area contributed by atoms with Crippen LogP contribution in [0, 0.1) is 6.92 Å². The van der Waals surface area contributed by atoms with E-state index in [0.29, 0.717) is 32.6 Å². The van der Waals surface area contributed by atoms with Crippen molar-refractivity contribution in [3.05, 3.63) is 47.8 Å². The van der Waals surface area contributed by atoms with E-state index in [-0.39, 0.29) is 5.75 Å². The Morgan fingerprint density at radius 2 is 1.71 bits per heavy atom. The number of nitrogens with one attached hydrogen (secondary N) is 2. The van der Waals surface area contributed by atoms with Crippen molar-refractivity contribution < 1.29 is 8.42 Å². The molecule has 4 rings (SSSR count). The van der Waals surface area contributed by atoms with E-state index in [4.69, 9.17) is 4.98 Å². The molecule has 0 aliphatic carbocycles. The Kier molecular flexibility index (Phi) is 8.02. The smallest absolute Gasteiger partial charge is 0.214 e. The highest BCUT2D eigenvalue weighted by Crippen LogP contribution is 2.31. The van der Waals surface area contributed by atoms with Gasteiger partial charge in [0.25, 0.3) is 0 Å². The van der Waals surface area contributed by atoms with Crippen LogP contribution in [0.15, 0.2) is 30.9 Å². The van der Waals surface area contributed by atoms with E-state index in [9.17, 15) is 8.42 Å². The van der Waals surface area contributed by atoms with Crippen LogP contribution < -0.4 is 0 Å². The molecule has 35 heavy (non-hydrogen) atoms. The molecule has 0 unspecified atom stereocenters. The van der Waals surface area contributed by atoms with E-state index in [1.807, 2.05) is 44.7 Å². The fourth-order valence-corrected chi connectivity index (χ4v) is 5.90. The first-order valence-corrected chi connectivity index (χ1v) is 14.0. The van der Waals surface area contributed by atoms with Gasteiger partial charge in [0, 0.05) is 61.0 Å². The number of aromatic nitrogens is 5. The monoisotopic (exact) mass is 497 g/mol. The molecule has 9 nitrogen and oxygen atoms in total. The van der Waals surface area contributed by atoms with Crippen molar-refractivity contribution >= 4 is 16.1 Å². The third-order valence-corrected chi connectivity index (χ3v) is 8.51. The molecule has 1 aliphatic rings. The Morgan fingerprint density at radius 3 is 2.40 bits per heavy atom. The Bertz CT molecular complexity index is 1250. The molecule has 1 aliphatic heterocycles. The zero-order valence-corrected chi connectivity index (χ0v) is 21.6. The molecule has 10 heteroatoms. The first-order valence-electron chi connectivity index (χ1n) is 12.4. The first-order chi connectivity index (χ1) is 16.9. The van der Waals surface area contributed by atoms with Gasteiger partial charge in [0.2, 0.25) is 10.0 Å². The molecule has 0 aromatic carbocycles. The van der Waals surface area contributed by atoms with Gasteiger partial charge in [-0.3, -0.25) is 15.2 Å². The summed E-state index contributed by atoms with van der Waals surface area (Å²) in [4.78, 5) is 6.90. The van der Waals surface area contributed by atoms with E-state index < -0.39 is 10.0 Å². The van der Waals surface area contributed by atoms with Crippen LogP contribution in [0.3, 0.4) is 0 Å². The van der Waals surface area contributed by atoms with Crippen LogP contribution in [0.25, 0.3) is 28.5 Å². The van der Waals surface area contributed by atoms with Crippen LogP contribution in [0.1, 0.15) is 50.1 Å². The lowest BCUT2D eigenvalue weighted by Crippen LogP contribution is -2.47. The highest BCUT2D eigenvalue weighted by Gasteiger charge is 2.25. The predicted molar refractivity (Wildman–Crippen MR) is 139 cm³/mol. The lowest BCUT2D eigenvalue weighted by atomic mass is 9.96. The normalized spacial score (nSPS) is 15.3. The first kappa shape index (κ1) is 25.1. The van der Waals surface area contributed by atoms with Crippen LogP contribution in [0.4, 0.5) is 0 Å². The van der Waals surface area contributed by atoms with Gasteiger partial charge in [0.05, 0.1) is 29.5 Å². The summed E-state index contributed by atoms with van der Waals surface area (Å²) in [5.41, 5.74) is 7.18. The maximum Gasteiger partial charge on any atom is 0.214 e. The summed E-state index contributed by atoms with van der Waals surface area (Å²) in [6, 6.07) is 2.17. The van der Waals surface area contributed by atoms with Crippen LogP contribution in [-0.4, -0.2) is 74.9 Å². The Labute approximate surface area is 207 Å². The molecule has 0 atom stereocenters. The maximum atomic E-state index is 12.3. The van der Waals surface area contributed by atoms with E-state index in [2.05, 4.69) is 38.3 Å². The van der Waals surface area contributed by atoms with E-state index in [1.165, 1.54) is 5.56 Å². The number of H-pyrrole nitrogens is 2. The lowest BCUT2D eigenvalue weighted by Gasteiger charge is -2.33. The topological polar surface area (TPSA) is 111 Å². The molecule has 0 amide bonds. The number of rotatable bonds is 10. The van der Waals surface area contributed by atoms with Crippen molar-refractivity contribution in [1.82, 2.24) is 34.6 Å². The summed E-state index contributed by atoms with van der Waals surface area (Å²) < 4.78 is 26.3. The quantitative estimate of drug-likeness (QED) is 0.440. The molecule has 1 saturated heterocycles. The maximum absolute atomic E-state index is 12.3. The van der Waals surface area contributed by atoms with Gasteiger partial charge >= 0.3 is 0 Å². The summed E-state index contributed by atoms with van der Waals surface area (Å²) in [5, 5.41) is 14.6. The second-order valence-corrected chi connectivity index (χ2v) is 11.1. The van der Waals surface area contributed by atoms with Gasteiger partial charge < -0.3 is 4.90 Å². The lowest BCUT2D eigenvalue weighted by molar-refractivity contribution is 0.245. The minimum atomic E-state index is -3.14. The number of hydrogen-bond donors (Lipinski definition) is 2. The number of pyridine rings is 1. The van der Waals surface area contributed by atoms with Crippen molar-refractivity contribution in [3.8, 4) is 22.4 Å². The molecule has 1 fully saturated rings. The van der Waals surface area contributed by atoms with Gasteiger partial charge in [-0.1, -0.05) is 20.3 Å². The standard InChI is InChI=1S/C25H35N7O2S/c1-4-6-7-20-15-25(21-17-27-29-19(21)3)26-16-22(20)23-18-28-30-24(23)8-9-31-10-12-32(13-11-31)35(33,34)14-5-2/h8-9,15-18H,4-7,10-14H2,1-3H3,(H,27,29)(H,28,30)/b9-8+. The van der Waals surface area contributed by atoms with Gasteiger partial charge in [-0.25, -0.2) is 8.42 Å². The van der Waals surface area contributed by atoms with E-state index in [1.54, 1.807) is 4.31 Å². The van der Waals surface area contributed by atoms with Gasteiger partial charge in [0.1, 0.15) is 0 Å². The molecule has 4 heterocycles. The van der Waals surface area contributed by atoms with Gasteiger partial charge in [-0.15, -0.1) is 0 Å². The number of sulfonamides is 1. The molecule has 0 saturated carbocycles. The highest BCUT2D eigenvalue weighted by molar-refractivity contribution is 7.89. The van der Waals surface area contributed by atoms with E-state index in [0.717, 1.165) is 53.0 Å². The number of unbranched alkanes of at least 4 members (excludes halogenated alkanes) is 1. The van der Waals surface area contributed by atoms with Crippen LogP contribution in [0.5, 0.6) is 0 Å². The number of nitrogens with zero attached hydrogens (tertiary/aromatic N) is 5. The fraction of sp³-hybridized carbons (Fsp3) is 0.480. The molecule has 0 bridgehead atoms. The highest BCUT2D eigenvalue weighted by atomic mass is 32.2. The number of piperazine rings is 1. The predicted octanol–water partition coefficient (Wildman–Crippen LogP) is 3.84. The molecule has 0 radical (unpaired) electrons. The molecule has 3 aromatic heterocycles. The molecular weight excluding hydrogens is 462 g/mol. The van der Waals surface area contributed by atoms with Crippen molar-refractivity contribution in [2.45, 2.75) is 46.5 Å². The van der Waals surface area contributed by atoms with Gasteiger partial charge in [-0.2, -0.15) is 14.5 Å². The summed E-state index contributed by atoms with van der Waals surface area (Å²) in [5.74, 6) is 0.216.